The van der Waals surface area contributed by atoms with Crippen molar-refractivity contribution in [3.63, 3.8) is 0 Å². The van der Waals surface area contributed by atoms with Crippen molar-refractivity contribution < 1.29 is 14.3 Å². The average molecular weight is 321 g/mol. The Morgan fingerprint density at radius 1 is 1.55 bits per heavy atom. The van der Waals surface area contributed by atoms with Gasteiger partial charge in [0.1, 0.15) is 6.04 Å². The van der Waals surface area contributed by atoms with Gasteiger partial charge in [0.15, 0.2) is 16.6 Å². The number of hydrogen-bond acceptors (Lipinski definition) is 5. The van der Waals surface area contributed by atoms with Gasteiger partial charge in [0.2, 0.25) is 0 Å². The van der Waals surface area contributed by atoms with Gasteiger partial charge in [-0.1, -0.05) is 6.92 Å². The van der Waals surface area contributed by atoms with Crippen molar-refractivity contribution in [3.8, 4) is 11.1 Å². The molecule has 0 amide bonds. The minimum absolute atomic E-state index is 0.209. The lowest BCUT2D eigenvalue weighted by Gasteiger charge is -2.09. The number of aliphatic carboxylic acids is 1. The highest BCUT2D eigenvalue weighted by Gasteiger charge is 2.20. The fraction of sp³-hybridized carbons (Fsp3) is 0.214. The summed E-state index contributed by atoms with van der Waals surface area (Å²) in [5, 5.41) is 14.2. The van der Waals surface area contributed by atoms with Gasteiger partial charge in [-0.2, -0.15) is 5.10 Å². The Labute approximate surface area is 130 Å². The maximum Gasteiger partial charge on any atom is 0.328 e. The third-order valence-corrected chi connectivity index (χ3v) is 3.65. The molecule has 114 valence electrons. The summed E-state index contributed by atoms with van der Waals surface area (Å²) < 4.78 is 6.75. The Hall–Kier alpha value is -2.54. The molecule has 0 spiro atoms. The molecule has 0 fully saturated rings. The largest absolute Gasteiger partial charge is 0.480 e. The summed E-state index contributed by atoms with van der Waals surface area (Å²) in [6.07, 6.45) is 5.27. The van der Waals surface area contributed by atoms with Crippen molar-refractivity contribution in [1.29, 1.82) is 0 Å². The number of furan rings is 1. The molecule has 0 saturated heterocycles. The van der Waals surface area contributed by atoms with Crippen molar-refractivity contribution in [1.82, 2.24) is 14.8 Å². The van der Waals surface area contributed by atoms with Crippen molar-refractivity contribution in [2.45, 2.75) is 19.4 Å². The van der Waals surface area contributed by atoms with Gasteiger partial charge in [-0.15, -0.1) is 0 Å². The molecular formula is C14H13ClN4O3. The molecule has 3 aromatic heterocycles. The SMILES string of the molecule is CCC(C(=O)O)n1cc(-c2cnc(N)c3oc(Cl)cc23)cn1. The maximum absolute atomic E-state index is 11.2. The van der Waals surface area contributed by atoms with E-state index in [1.165, 1.54) is 4.68 Å². The summed E-state index contributed by atoms with van der Waals surface area (Å²) in [5.41, 5.74) is 7.62. The number of carbonyl (C=O) groups is 1. The fourth-order valence-corrected chi connectivity index (χ4v) is 2.55. The molecule has 22 heavy (non-hydrogen) atoms. The van der Waals surface area contributed by atoms with E-state index < -0.39 is 12.0 Å². The van der Waals surface area contributed by atoms with Crippen LogP contribution in [0, 0.1) is 0 Å². The van der Waals surface area contributed by atoms with Crippen LogP contribution in [0.4, 0.5) is 5.82 Å². The van der Waals surface area contributed by atoms with E-state index in [1.54, 1.807) is 31.6 Å². The van der Waals surface area contributed by atoms with Crippen molar-refractivity contribution in [2.24, 2.45) is 0 Å². The van der Waals surface area contributed by atoms with E-state index in [-0.39, 0.29) is 11.0 Å². The van der Waals surface area contributed by atoms with Gasteiger partial charge in [-0.25, -0.2) is 9.78 Å². The molecule has 0 bridgehead atoms. The second kappa shape index (κ2) is 5.34. The molecule has 7 nitrogen and oxygen atoms in total. The first-order chi connectivity index (χ1) is 10.5. The minimum Gasteiger partial charge on any atom is -0.480 e. The molecule has 3 N–H and O–H groups in total. The number of carboxylic acids is 1. The Kier molecular flexibility index (Phi) is 3.50. The van der Waals surface area contributed by atoms with E-state index in [0.29, 0.717) is 17.4 Å². The van der Waals surface area contributed by atoms with Crippen LogP contribution >= 0.6 is 11.6 Å². The normalized spacial score (nSPS) is 12.6. The van der Waals surface area contributed by atoms with Gasteiger partial charge < -0.3 is 15.3 Å². The number of hydrogen-bond donors (Lipinski definition) is 2. The van der Waals surface area contributed by atoms with Crippen LogP contribution in [0.25, 0.3) is 22.1 Å². The lowest BCUT2D eigenvalue weighted by atomic mass is 10.1. The van der Waals surface area contributed by atoms with E-state index in [1.807, 2.05) is 0 Å². The summed E-state index contributed by atoms with van der Waals surface area (Å²) in [7, 11) is 0. The van der Waals surface area contributed by atoms with Crippen LogP contribution in [0.1, 0.15) is 19.4 Å². The van der Waals surface area contributed by atoms with E-state index in [2.05, 4.69) is 10.1 Å². The third kappa shape index (κ3) is 2.29. The Morgan fingerprint density at radius 2 is 2.32 bits per heavy atom. The topological polar surface area (TPSA) is 107 Å². The number of pyridine rings is 1. The first-order valence-corrected chi connectivity index (χ1v) is 7.00. The zero-order chi connectivity index (χ0) is 15.9. The molecule has 8 heteroatoms. The number of fused-ring (bicyclic) bond motifs is 1. The van der Waals surface area contributed by atoms with Crippen molar-refractivity contribution in [3.05, 3.63) is 29.9 Å². The number of nitrogen functional groups attached to an aromatic ring is 1. The van der Waals surface area contributed by atoms with E-state index in [4.69, 9.17) is 21.8 Å². The average Bonchev–Trinajstić information content (AvgIpc) is 3.07. The highest BCUT2D eigenvalue weighted by Crippen LogP contribution is 2.34. The summed E-state index contributed by atoms with van der Waals surface area (Å²) in [4.78, 5) is 15.3. The summed E-state index contributed by atoms with van der Waals surface area (Å²) in [6, 6.07) is 0.940. The molecule has 3 rings (SSSR count). The number of anilines is 1. The predicted octanol–water partition coefficient (Wildman–Crippen LogP) is 2.96. The number of carboxylic acid groups (broad SMARTS) is 1. The van der Waals surface area contributed by atoms with Gasteiger partial charge >= 0.3 is 5.97 Å². The van der Waals surface area contributed by atoms with Crippen LogP contribution in [-0.4, -0.2) is 25.8 Å². The zero-order valence-electron chi connectivity index (χ0n) is 11.7. The standard InChI is InChI=1S/C14H13ClN4O3/c1-2-10(14(20)21)19-6-7(4-18-19)9-5-17-13(16)12-8(9)3-11(15)22-12/h3-6,10H,2H2,1H3,(H2,16,17)(H,20,21). The Balaban J connectivity index is 2.11. The molecule has 0 radical (unpaired) electrons. The summed E-state index contributed by atoms with van der Waals surface area (Å²) in [5.74, 6) is -0.681. The number of nitrogens with two attached hydrogens (primary N) is 1. The van der Waals surface area contributed by atoms with E-state index in [0.717, 1.165) is 11.1 Å². The van der Waals surface area contributed by atoms with E-state index >= 15 is 0 Å². The fourth-order valence-electron chi connectivity index (χ4n) is 2.37. The lowest BCUT2D eigenvalue weighted by Crippen LogP contribution is -2.18. The Bertz CT molecular complexity index is 855. The summed E-state index contributed by atoms with van der Waals surface area (Å²) >= 11 is 5.89. The van der Waals surface area contributed by atoms with Crippen LogP contribution in [-0.2, 0) is 4.79 Å². The Morgan fingerprint density at radius 3 is 3.00 bits per heavy atom. The quantitative estimate of drug-likeness (QED) is 0.765. The number of nitrogens with zero attached hydrogens (tertiary/aromatic N) is 3. The predicted molar refractivity (Wildman–Crippen MR) is 81.6 cm³/mol. The first-order valence-electron chi connectivity index (χ1n) is 6.62. The third-order valence-electron chi connectivity index (χ3n) is 3.46. The molecule has 3 heterocycles. The monoisotopic (exact) mass is 320 g/mol. The summed E-state index contributed by atoms with van der Waals surface area (Å²) in [6.45, 7) is 1.79. The number of halogens is 1. The molecule has 0 aliphatic heterocycles. The maximum atomic E-state index is 11.2. The van der Waals surface area contributed by atoms with E-state index in [9.17, 15) is 9.90 Å². The minimum atomic E-state index is -0.927. The molecule has 3 aromatic rings. The van der Waals surface area contributed by atoms with Gasteiger partial charge in [0.05, 0.1) is 6.20 Å². The van der Waals surface area contributed by atoms with Crippen molar-refractivity contribution in [2.75, 3.05) is 5.73 Å². The molecule has 0 saturated carbocycles. The van der Waals surface area contributed by atoms with Gasteiger partial charge in [0, 0.05) is 35.0 Å². The second-order valence-electron chi connectivity index (χ2n) is 4.82. The molecule has 1 atom stereocenters. The van der Waals surface area contributed by atoms with Crippen LogP contribution in [0.15, 0.2) is 29.1 Å². The van der Waals surface area contributed by atoms with Crippen LogP contribution < -0.4 is 5.73 Å². The number of aromatic nitrogens is 3. The van der Waals surface area contributed by atoms with Crippen molar-refractivity contribution >= 4 is 34.4 Å². The van der Waals surface area contributed by atoms with Crippen LogP contribution in [0.5, 0.6) is 0 Å². The smallest absolute Gasteiger partial charge is 0.328 e. The molecular weight excluding hydrogens is 308 g/mol. The van der Waals surface area contributed by atoms with Gasteiger partial charge in [-0.05, 0) is 18.0 Å². The molecule has 1 unspecified atom stereocenters. The van der Waals surface area contributed by atoms with Gasteiger partial charge in [-0.3, -0.25) is 4.68 Å². The highest BCUT2D eigenvalue weighted by molar-refractivity contribution is 6.30. The van der Waals surface area contributed by atoms with Crippen LogP contribution in [0.3, 0.4) is 0 Å². The van der Waals surface area contributed by atoms with Gasteiger partial charge in [0.25, 0.3) is 0 Å². The lowest BCUT2D eigenvalue weighted by molar-refractivity contribution is -0.141. The first kappa shape index (κ1) is 14.4. The second-order valence-corrected chi connectivity index (χ2v) is 5.19. The number of rotatable bonds is 4. The highest BCUT2D eigenvalue weighted by atomic mass is 35.5. The molecule has 0 aliphatic rings. The zero-order valence-corrected chi connectivity index (χ0v) is 12.4. The molecule has 0 aromatic carbocycles. The molecule has 0 aliphatic carbocycles. The van der Waals surface area contributed by atoms with Crippen LogP contribution in [0.2, 0.25) is 5.22 Å².